The SMILES string of the molecule is CN(C)c1cncc([C@@H]2CCCN2C(=O)c2cccn2C)n1. The molecule has 1 saturated heterocycles. The summed E-state index contributed by atoms with van der Waals surface area (Å²) < 4.78 is 1.86. The maximum Gasteiger partial charge on any atom is 0.271 e. The van der Waals surface area contributed by atoms with Crippen LogP contribution in [0.4, 0.5) is 5.82 Å². The number of amides is 1. The van der Waals surface area contributed by atoms with E-state index >= 15 is 0 Å². The second-order valence-corrected chi connectivity index (χ2v) is 5.86. The molecule has 0 saturated carbocycles. The Morgan fingerprint density at radius 1 is 1.36 bits per heavy atom. The van der Waals surface area contributed by atoms with E-state index < -0.39 is 0 Å². The molecular formula is C16H21N5O. The van der Waals surface area contributed by atoms with E-state index in [0.717, 1.165) is 30.9 Å². The van der Waals surface area contributed by atoms with Crippen LogP contribution in [0, 0.1) is 0 Å². The van der Waals surface area contributed by atoms with E-state index in [1.807, 2.05) is 53.8 Å². The lowest BCUT2D eigenvalue weighted by molar-refractivity contribution is 0.0723. The Morgan fingerprint density at radius 3 is 2.86 bits per heavy atom. The van der Waals surface area contributed by atoms with Gasteiger partial charge in [0, 0.05) is 33.9 Å². The van der Waals surface area contributed by atoms with E-state index in [-0.39, 0.29) is 11.9 Å². The number of carbonyl (C=O) groups excluding carboxylic acids is 1. The molecule has 3 heterocycles. The van der Waals surface area contributed by atoms with Crippen molar-refractivity contribution in [2.24, 2.45) is 7.05 Å². The highest BCUT2D eigenvalue weighted by atomic mass is 16.2. The lowest BCUT2D eigenvalue weighted by Gasteiger charge is -2.25. The number of nitrogens with zero attached hydrogens (tertiary/aromatic N) is 5. The summed E-state index contributed by atoms with van der Waals surface area (Å²) in [5.74, 6) is 0.878. The zero-order valence-electron chi connectivity index (χ0n) is 13.2. The molecule has 0 bridgehead atoms. The molecule has 22 heavy (non-hydrogen) atoms. The summed E-state index contributed by atoms with van der Waals surface area (Å²) >= 11 is 0. The number of hydrogen-bond donors (Lipinski definition) is 0. The summed E-state index contributed by atoms with van der Waals surface area (Å²) in [6.45, 7) is 0.766. The number of hydrogen-bond acceptors (Lipinski definition) is 4. The predicted octanol–water partition coefficient (Wildman–Crippen LogP) is 1.86. The molecule has 0 N–H and O–H groups in total. The fraction of sp³-hybridized carbons (Fsp3) is 0.438. The molecule has 1 atom stereocenters. The molecule has 116 valence electrons. The van der Waals surface area contributed by atoms with Gasteiger partial charge in [-0.05, 0) is 25.0 Å². The van der Waals surface area contributed by atoms with Gasteiger partial charge in [-0.1, -0.05) is 0 Å². The normalized spacial score (nSPS) is 17.8. The van der Waals surface area contributed by atoms with Gasteiger partial charge in [0.25, 0.3) is 5.91 Å². The van der Waals surface area contributed by atoms with Gasteiger partial charge in [-0.2, -0.15) is 0 Å². The van der Waals surface area contributed by atoms with Crippen molar-refractivity contribution in [3.05, 3.63) is 42.1 Å². The fourth-order valence-corrected chi connectivity index (χ4v) is 2.89. The van der Waals surface area contributed by atoms with Crippen LogP contribution in [0.5, 0.6) is 0 Å². The Labute approximate surface area is 130 Å². The number of aryl methyl sites for hydroxylation is 1. The molecule has 0 aromatic carbocycles. The molecular weight excluding hydrogens is 278 g/mol. The average Bonchev–Trinajstić information content (AvgIpc) is 3.15. The molecule has 2 aromatic rings. The zero-order valence-corrected chi connectivity index (χ0v) is 13.2. The largest absolute Gasteiger partial charge is 0.361 e. The Kier molecular flexibility index (Phi) is 3.83. The van der Waals surface area contributed by atoms with Gasteiger partial charge in [0.15, 0.2) is 0 Å². The van der Waals surface area contributed by atoms with Crippen LogP contribution in [-0.4, -0.2) is 46.0 Å². The van der Waals surface area contributed by atoms with Gasteiger partial charge < -0.3 is 14.4 Å². The first kappa shape index (κ1) is 14.6. The minimum absolute atomic E-state index is 0.00907. The topological polar surface area (TPSA) is 54.3 Å². The molecule has 1 aliphatic heterocycles. The van der Waals surface area contributed by atoms with Gasteiger partial charge in [-0.3, -0.25) is 9.78 Å². The van der Waals surface area contributed by atoms with Crippen LogP contribution < -0.4 is 4.90 Å². The molecule has 0 spiro atoms. The van der Waals surface area contributed by atoms with Crippen molar-refractivity contribution in [1.29, 1.82) is 0 Å². The van der Waals surface area contributed by atoms with Gasteiger partial charge in [0.05, 0.1) is 24.1 Å². The van der Waals surface area contributed by atoms with Crippen molar-refractivity contribution >= 4 is 11.7 Å². The Bertz CT molecular complexity index is 679. The molecule has 2 aromatic heterocycles. The molecule has 6 nitrogen and oxygen atoms in total. The summed E-state index contributed by atoms with van der Waals surface area (Å²) in [7, 11) is 5.77. The second kappa shape index (κ2) is 5.79. The van der Waals surface area contributed by atoms with Gasteiger partial charge in [-0.15, -0.1) is 0 Å². The zero-order chi connectivity index (χ0) is 15.7. The van der Waals surface area contributed by atoms with Crippen molar-refractivity contribution in [3.63, 3.8) is 0 Å². The highest BCUT2D eigenvalue weighted by Crippen LogP contribution is 2.32. The summed E-state index contributed by atoms with van der Waals surface area (Å²) in [5, 5.41) is 0. The third-order valence-electron chi connectivity index (χ3n) is 4.12. The van der Waals surface area contributed by atoms with Crippen molar-refractivity contribution in [3.8, 4) is 0 Å². The van der Waals surface area contributed by atoms with Gasteiger partial charge in [-0.25, -0.2) is 4.98 Å². The monoisotopic (exact) mass is 299 g/mol. The Morgan fingerprint density at radius 2 is 2.18 bits per heavy atom. The van der Waals surface area contributed by atoms with Gasteiger partial charge in [0.1, 0.15) is 11.5 Å². The number of carbonyl (C=O) groups is 1. The number of aromatic nitrogens is 3. The first-order valence-electron chi connectivity index (χ1n) is 7.49. The van der Waals surface area contributed by atoms with Crippen LogP contribution in [0.3, 0.4) is 0 Å². The molecule has 0 radical (unpaired) electrons. The molecule has 6 heteroatoms. The highest BCUT2D eigenvalue weighted by Gasteiger charge is 2.32. The Hall–Kier alpha value is -2.37. The number of anilines is 1. The average molecular weight is 299 g/mol. The lowest BCUT2D eigenvalue weighted by atomic mass is 10.1. The maximum absolute atomic E-state index is 12.8. The molecule has 1 aliphatic rings. The summed E-state index contributed by atoms with van der Waals surface area (Å²) in [4.78, 5) is 25.5. The van der Waals surface area contributed by atoms with Crippen molar-refractivity contribution in [2.75, 3.05) is 25.5 Å². The van der Waals surface area contributed by atoms with E-state index in [1.54, 1.807) is 12.4 Å². The van der Waals surface area contributed by atoms with Crippen LogP contribution in [0.15, 0.2) is 30.7 Å². The van der Waals surface area contributed by atoms with Crippen LogP contribution in [0.1, 0.15) is 35.1 Å². The minimum atomic E-state index is 0.00907. The van der Waals surface area contributed by atoms with Gasteiger partial charge in [0.2, 0.25) is 0 Å². The first-order chi connectivity index (χ1) is 10.6. The molecule has 0 aliphatic carbocycles. The van der Waals surface area contributed by atoms with Crippen LogP contribution in [0.2, 0.25) is 0 Å². The number of likely N-dealkylation sites (tertiary alicyclic amines) is 1. The molecule has 1 amide bonds. The van der Waals surface area contributed by atoms with Crippen molar-refractivity contribution in [2.45, 2.75) is 18.9 Å². The van der Waals surface area contributed by atoms with Crippen LogP contribution in [-0.2, 0) is 7.05 Å². The van der Waals surface area contributed by atoms with Crippen molar-refractivity contribution in [1.82, 2.24) is 19.4 Å². The van der Waals surface area contributed by atoms with E-state index in [4.69, 9.17) is 0 Å². The fourth-order valence-electron chi connectivity index (χ4n) is 2.89. The van der Waals surface area contributed by atoms with E-state index in [0.29, 0.717) is 5.69 Å². The number of rotatable bonds is 3. The van der Waals surface area contributed by atoms with Crippen LogP contribution >= 0.6 is 0 Å². The lowest BCUT2D eigenvalue weighted by Crippen LogP contribution is -2.32. The highest BCUT2D eigenvalue weighted by molar-refractivity contribution is 5.93. The van der Waals surface area contributed by atoms with E-state index in [2.05, 4.69) is 9.97 Å². The summed E-state index contributed by atoms with van der Waals surface area (Å²) in [5.41, 5.74) is 1.58. The molecule has 3 rings (SSSR count). The first-order valence-corrected chi connectivity index (χ1v) is 7.49. The quantitative estimate of drug-likeness (QED) is 0.868. The van der Waals surface area contributed by atoms with Crippen LogP contribution in [0.25, 0.3) is 0 Å². The van der Waals surface area contributed by atoms with Crippen molar-refractivity contribution < 1.29 is 4.79 Å². The summed E-state index contributed by atoms with van der Waals surface area (Å²) in [6, 6.07) is 3.76. The van der Waals surface area contributed by atoms with Gasteiger partial charge >= 0.3 is 0 Å². The third-order valence-corrected chi connectivity index (χ3v) is 4.12. The molecule has 1 fully saturated rings. The summed E-state index contributed by atoms with van der Waals surface area (Å²) in [6.07, 6.45) is 7.33. The second-order valence-electron chi connectivity index (χ2n) is 5.86. The standard InChI is InChI=1S/C16H21N5O/c1-19(2)15-11-17-10-12(18-15)13-6-5-9-21(13)16(22)14-7-4-8-20(14)3/h4,7-8,10-11,13H,5-6,9H2,1-3H3/t13-/m0/s1. The van der Waals surface area contributed by atoms with E-state index in [1.165, 1.54) is 0 Å². The minimum Gasteiger partial charge on any atom is -0.361 e. The molecule has 0 unspecified atom stereocenters. The maximum atomic E-state index is 12.8. The predicted molar refractivity (Wildman–Crippen MR) is 84.8 cm³/mol. The third kappa shape index (κ3) is 2.56. The smallest absolute Gasteiger partial charge is 0.271 e. The van der Waals surface area contributed by atoms with E-state index in [9.17, 15) is 4.79 Å². The Balaban J connectivity index is 1.89.